The summed E-state index contributed by atoms with van der Waals surface area (Å²) in [7, 11) is 0. The Morgan fingerprint density at radius 2 is 1.50 bits per heavy atom. The third kappa shape index (κ3) is 12.4. The number of carbonyl (C=O) groups is 2. The number of carbonyl (C=O) groups excluding carboxylic acids is 2. The van der Waals surface area contributed by atoms with Crippen molar-refractivity contribution in [1.29, 1.82) is 5.26 Å². The van der Waals surface area contributed by atoms with E-state index in [1.807, 2.05) is 47.0 Å². The average molecular weight is 1170 g/mol. The van der Waals surface area contributed by atoms with Gasteiger partial charge in [0, 0.05) is 118 Å². The van der Waals surface area contributed by atoms with Crippen molar-refractivity contribution in [2.24, 2.45) is 0 Å². The Morgan fingerprint density at radius 3 is 2.22 bits per heavy atom. The molecule has 5 heterocycles. The van der Waals surface area contributed by atoms with Crippen molar-refractivity contribution in [2.45, 2.75) is 181 Å². The van der Waals surface area contributed by atoms with Gasteiger partial charge in [0.2, 0.25) is 11.6 Å². The minimum atomic E-state index is -0.483. The normalized spacial score (nSPS) is 16.1. The van der Waals surface area contributed by atoms with E-state index in [2.05, 4.69) is 144 Å². The van der Waals surface area contributed by atoms with Crippen LogP contribution in [0.25, 0.3) is 37.3 Å². The van der Waals surface area contributed by atoms with Gasteiger partial charge in [0.1, 0.15) is 23.6 Å². The summed E-state index contributed by atoms with van der Waals surface area (Å²) in [4.78, 5) is 37.1. The molecule has 6 aromatic rings. The predicted octanol–water partition coefficient (Wildman–Crippen LogP) is 17.7. The third-order valence-electron chi connectivity index (χ3n) is 17.0. The maximum absolute atomic E-state index is 14.6. The lowest BCUT2D eigenvalue weighted by atomic mass is 9.73. The Hall–Kier alpha value is -6.00. The van der Waals surface area contributed by atoms with Gasteiger partial charge in [-0.15, -0.1) is 34.4 Å². The number of fused-ring (bicyclic) bond motifs is 3. The summed E-state index contributed by atoms with van der Waals surface area (Å²) in [6.07, 6.45) is 20.8. The summed E-state index contributed by atoms with van der Waals surface area (Å²) < 4.78 is 12.3. The number of aryl methyl sites for hydroxylation is 4. The van der Waals surface area contributed by atoms with E-state index in [1.54, 1.807) is 11.8 Å². The summed E-state index contributed by atoms with van der Waals surface area (Å²) in [6, 6.07) is 26.1. The second kappa shape index (κ2) is 27.1. The third-order valence-corrected chi connectivity index (χ3v) is 21.0. The van der Waals surface area contributed by atoms with Gasteiger partial charge in [-0.2, -0.15) is 18.6 Å². The van der Waals surface area contributed by atoms with Gasteiger partial charge in [-0.05, 0) is 113 Å². The largest absolute Gasteiger partial charge is 0.762 e. The number of thiophene rings is 2. The number of nitriles is 1. The number of hydrogen-bond acceptors (Lipinski definition) is 10. The monoisotopic (exact) mass is 1170 g/mol. The number of amides is 1. The van der Waals surface area contributed by atoms with Crippen LogP contribution in [0.3, 0.4) is 0 Å². The molecular weight excluding hydrogens is 1090 g/mol. The van der Waals surface area contributed by atoms with Crippen LogP contribution in [-0.2, 0) is 39.7 Å². The number of unbranched alkanes of at least 4 members (excludes halogenated alkanes) is 8. The maximum Gasteiger partial charge on any atom is 0.220 e. The highest BCUT2D eigenvalue weighted by Gasteiger charge is 2.47. The van der Waals surface area contributed by atoms with Crippen molar-refractivity contribution >= 4 is 91.8 Å². The number of allylic oxidation sites excluding steroid dienone is 7. The first-order valence-corrected chi connectivity index (χ1v) is 33.5. The summed E-state index contributed by atoms with van der Waals surface area (Å²) >= 11 is 6.88. The van der Waals surface area contributed by atoms with Crippen LogP contribution >= 0.6 is 46.2 Å². The number of hydrogen-bond donors (Lipinski definition) is 1. The molecule has 1 amide bonds. The van der Waals surface area contributed by atoms with Crippen LogP contribution in [0.2, 0.25) is 0 Å². The SMILES string of the molecule is CCCCCCc1cc(-c2cc(SCCNC(=O)CCCC[N+]3=C(/C=C4/C(=O)C(/C=C5/N(CCCC)c6ccccc6C5(C)C)=C4C(=C=[N-])C#N)C(C)(C)c4ccccc43)c(-c3cc(CCCCCC)c(CC)s3)c3nsnc23)sc1C. The zero-order valence-electron chi connectivity index (χ0n) is 49.8. The van der Waals surface area contributed by atoms with E-state index >= 15 is 0 Å². The van der Waals surface area contributed by atoms with Gasteiger partial charge >= 0.3 is 0 Å². The molecule has 3 aromatic heterocycles. The summed E-state index contributed by atoms with van der Waals surface area (Å²) in [5.74, 6) is 2.71. The first kappa shape index (κ1) is 60.6. The van der Waals surface area contributed by atoms with Crippen LogP contribution in [0.15, 0.2) is 112 Å². The van der Waals surface area contributed by atoms with E-state index in [4.69, 9.17) is 8.75 Å². The molecule has 3 aliphatic rings. The smallest absolute Gasteiger partial charge is 0.220 e. The zero-order valence-corrected chi connectivity index (χ0v) is 53.0. The molecule has 1 aliphatic carbocycles. The van der Waals surface area contributed by atoms with Crippen LogP contribution in [0.1, 0.15) is 171 Å². The number of benzene rings is 3. The molecule has 2 aliphatic heterocycles. The van der Waals surface area contributed by atoms with Crippen LogP contribution in [0, 0.1) is 18.3 Å². The Bertz CT molecular complexity index is 3590. The van der Waals surface area contributed by atoms with E-state index in [9.17, 15) is 20.3 Å². The van der Waals surface area contributed by atoms with E-state index in [-0.39, 0.29) is 17.3 Å². The number of rotatable bonds is 28. The van der Waals surface area contributed by atoms with Crippen LogP contribution in [0.4, 0.5) is 11.4 Å². The number of anilines is 1. The standard InChI is InChI=1S/C69H81N7O2S4/c1-10-14-17-19-27-46-38-57(80-45(46)5)49-40-58(64(66-65(49)73-82-74-66)59-39-47(56(13-4)81-59)28-20-18-15-11-2)79-37-34-72-62(77)33-25-26-36-76-55-32-24-22-30-53(55)69(8,9)61(76)42-51-63(48(43-70)44-71)50(67(51)78)41-60-68(6,7)52-29-21-23-31-54(52)75(60)35-16-12-3/h21-24,29-32,38-42H,10-20,25-28,33-37H2,1-9H3,(H,72,77). The van der Waals surface area contributed by atoms with E-state index in [0.29, 0.717) is 48.4 Å². The maximum atomic E-state index is 14.6. The molecule has 0 unspecified atom stereocenters. The number of Topliss-reactive ketones (excluding diaryl/α,β-unsaturated/α-hetero) is 1. The minimum Gasteiger partial charge on any atom is -0.762 e. The van der Waals surface area contributed by atoms with Crippen LogP contribution in [0.5, 0.6) is 0 Å². The second-order valence-electron chi connectivity index (χ2n) is 23.3. The zero-order chi connectivity index (χ0) is 58.1. The predicted molar refractivity (Wildman–Crippen MR) is 348 cm³/mol. The first-order chi connectivity index (χ1) is 39.7. The lowest BCUT2D eigenvalue weighted by Crippen LogP contribution is -2.32. The molecule has 0 bridgehead atoms. The average Bonchev–Trinajstić information content (AvgIpc) is 3.36. The molecular formula is C69H81N7O2S4. The fraction of sp³-hybridized carbons (Fsp3) is 0.449. The second-order valence-corrected chi connectivity index (χ2v) is 27.3. The molecule has 1 N–H and O–H groups in total. The highest BCUT2D eigenvalue weighted by atomic mass is 32.2. The molecule has 0 atom stereocenters. The molecule has 0 fully saturated rings. The number of nitrogens with zero attached hydrogens (tertiary/aromatic N) is 6. The van der Waals surface area contributed by atoms with Crippen molar-refractivity contribution in [2.75, 3.05) is 30.3 Å². The molecule has 9 nitrogen and oxygen atoms in total. The number of thioether (sulfide) groups is 1. The molecule has 428 valence electrons. The number of aromatic nitrogens is 2. The quantitative estimate of drug-likeness (QED) is 0.0130. The Morgan fingerprint density at radius 1 is 0.805 bits per heavy atom. The van der Waals surface area contributed by atoms with Crippen LogP contribution < -0.4 is 10.2 Å². The highest BCUT2D eigenvalue weighted by Crippen LogP contribution is 2.51. The molecule has 0 radical (unpaired) electrons. The van der Waals surface area contributed by atoms with Crippen molar-refractivity contribution in [3.63, 3.8) is 0 Å². The van der Waals surface area contributed by atoms with Crippen molar-refractivity contribution in [1.82, 2.24) is 14.1 Å². The topological polar surface area (TPSA) is 124 Å². The van der Waals surface area contributed by atoms with Gasteiger partial charge in [0.05, 0.1) is 22.7 Å². The van der Waals surface area contributed by atoms with Gasteiger partial charge in [-0.1, -0.05) is 123 Å². The molecule has 0 saturated carbocycles. The van der Waals surface area contributed by atoms with Gasteiger partial charge in [0.25, 0.3) is 0 Å². The van der Waals surface area contributed by atoms with E-state index in [0.717, 1.165) is 90.0 Å². The molecule has 13 heteroatoms. The Labute approximate surface area is 504 Å². The number of nitrogens with one attached hydrogen (secondary N) is 1. The van der Waals surface area contributed by atoms with Gasteiger partial charge in [-0.25, -0.2) is 5.87 Å². The lowest BCUT2D eigenvalue weighted by Gasteiger charge is -2.30. The molecule has 0 saturated heterocycles. The Kier molecular flexibility index (Phi) is 20.1. The molecule has 9 rings (SSSR count). The summed E-state index contributed by atoms with van der Waals surface area (Å²) in [5.41, 5.74) is 13.9. The van der Waals surface area contributed by atoms with Crippen molar-refractivity contribution in [3.8, 4) is 27.0 Å². The first-order valence-electron chi connectivity index (χ1n) is 30.1. The number of para-hydroxylation sites is 2. The van der Waals surface area contributed by atoms with Crippen LogP contribution in [-0.4, -0.2) is 62.0 Å². The van der Waals surface area contributed by atoms with E-state index in [1.165, 1.54) is 110 Å². The van der Waals surface area contributed by atoms with Gasteiger partial charge < -0.3 is 15.6 Å². The minimum absolute atomic E-state index is 0.0302. The summed E-state index contributed by atoms with van der Waals surface area (Å²) in [6.45, 7) is 21.9. The van der Waals surface area contributed by atoms with E-state index < -0.39 is 10.8 Å². The molecule has 82 heavy (non-hydrogen) atoms. The van der Waals surface area contributed by atoms with Crippen molar-refractivity contribution < 1.29 is 14.2 Å². The fourth-order valence-corrected chi connectivity index (χ4v) is 16.3. The van der Waals surface area contributed by atoms with Crippen molar-refractivity contribution in [3.05, 3.63) is 144 Å². The highest BCUT2D eigenvalue weighted by molar-refractivity contribution is 7.99. The lowest BCUT2D eigenvalue weighted by molar-refractivity contribution is -0.438. The van der Waals surface area contributed by atoms with Gasteiger partial charge in [-0.3, -0.25) is 9.59 Å². The molecule has 0 spiro atoms. The van der Waals surface area contributed by atoms with Gasteiger partial charge in [0.15, 0.2) is 11.5 Å². The Balaban J connectivity index is 0.923. The number of ketones is 1. The summed E-state index contributed by atoms with van der Waals surface area (Å²) in [5, 5.41) is 24.0. The molecule has 3 aromatic carbocycles. The fourth-order valence-electron chi connectivity index (χ4n) is 12.3.